The molecule has 1 atom stereocenters. The summed E-state index contributed by atoms with van der Waals surface area (Å²) >= 11 is 0. The summed E-state index contributed by atoms with van der Waals surface area (Å²) in [6.07, 6.45) is 4.38. The first kappa shape index (κ1) is 21.8. The van der Waals surface area contributed by atoms with Gasteiger partial charge in [0.25, 0.3) is 0 Å². The van der Waals surface area contributed by atoms with Gasteiger partial charge >= 0.3 is 0 Å². The number of aliphatic imine (C=N–C) groups is 1. The van der Waals surface area contributed by atoms with Gasteiger partial charge in [0.2, 0.25) is 0 Å². The average molecular weight is 458 g/mol. The molecule has 0 amide bonds. The largest absolute Gasteiger partial charge is 0.497 e. The van der Waals surface area contributed by atoms with Crippen molar-refractivity contribution >= 4 is 29.9 Å². The molecule has 0 bridgehead atoms. The second-order valence-corrected chi connectivity index (χ2v) is 5.92. The molecule has 0 aromatic heterocycles. The number of methoxy groups -OCH3 is 1. The highest BCUT2D eigenvalue weighted by Crippen LogP contribution is 2.27. The van der Waals surface area contributed by atoms with E-state index < -0.39 is 0 Å². The summed E-state index contributed by atoms with van der Waals surface area (Å²) in [5.41, 5.74) is 1.29. The number of hydrogen-bond donors (Lipinski definition) is 2. The van der Waals surface area contributed by atoms with E-state index in [-0.39, 0.29) is 24.0 Å². The van der Waals surface area contributed by atoms with Gasteiger partial charge in [-0.05, 0) is 50.6 Å². The van der Waals surface area contributed by atoms with Crippen molar-refractivity contribution in [2.45, 2.75) is 25.8 Å². The predicted octanol–water partition coefficient (Wildman–Crippen LogP) is 3.19. The van der Waals surface area contributed by atoms with Gasteiger partial charge in [0.15, 0.2) is 5.96 Å². The number of benzene rings is 1. The van der Waals surface area contributed by atoms with Crippen molar-refractivity contribution in [2.75, 3.05) is 39.8 Å². The number of rotatable bonds is 8. The molecule has 0 aliphatic carbocycles. The Hall–Kier alpha value is -1.28. The standard InChI is InChI=1S/C19H30N4O.HI/c1-4-12-21-19(20-5-2)22-15-18(23-13-6-7-14-23)16-8-10-17(24-3)11-9-16;/h4,8-11,18H,1,5-7,12-15H2,2-3H3,(H2,20,21,22);1H. The fourth-order valence-electron chi connectivity index (χ4n) is 3.00. The van der Waals surface area contributed by atoms with Crippen molar-refractivity contribution in [1.29, 1.82) is 0 Å². The molecule has 1 aromatic rings. The quantitative estimate of drug-likeness (QED) is 0.272. The summed E-state index contributed by atoms with van der Waals surface area (Å²) in [4.78, 5) is 7.32. The molecule has 0 spiro atoms. The maximum absolute atomic E-state index is 5.28. The lowest BCUT2D eigenvalue weighted by Gasteiger charge is -2.27. The van der Waals surface area contributed by atoms with Crippen molar-refractivity contribution in [2.24, 2.45) is 4.99 Å². The van der Waals surface area contributed by atoms with Crippen LogP contribution in [0.4, 0.5) is 0 Å². The van der Waals surface area contributed by atoms with E-state index >= 15 is 0 Å². The highest BCUT2D eigenvalue weighted by atomic mass is 127. The molecule has 1 heterocycles. The first-order valence-corrected chi connectivity index (χ1v) is 8.79. The molecule has 1 fully saturated rings. The van der Waals surface area contributed by atoms with E-state index in [2.05, 4.69) is 41.2 Å². The maximum atomic E-state index is 5.28. The molecule has 0 radical (unpaired) electrons. The van der Waals surface area contributed by atoms with E-state index in [0.717, 1.165) is 37.9 Å². The third kappa shape index (κ3) is 6.86. The van der Waals surface area contributed by atoms with Crippen LogP contribution in [-0.2, 0) is 0 Å². The lowest BCUT2D eigenvalue weighted by Crippen LogP contribution is -2.38. The predicted molar refractivity (Wildman–Crippen MR) is 116 cm³/mol. The van der Waals surface area contributed by atoms with Crippen molar-refractivity contribution in [3.8, 4) is 5.75 Å². The number of ether oxygens (including phenoxy) is 1. The van der Waals surface area contributed by atoms with Crippen LogP contribution < -0.4 is 15.4 Å². The van der Waals surface area contributed by atoms with E-state index in [9.17, 15) is 0 Å². The zero-order valence-corrected chi connectivity index (χ0v) is 17.7. The van der Waals surface area contributed by atoms with Crippen LogP contribution in [0.3, 0.4) is 0 Å². The number of hydrogen-bond acceptors (Lipinski definition) is 3. The molecule has 5 nitrogen and oxygen atoms in total. The molecule has 1 aliphatic rings. The van der Waals surface area contributed by atoms with Crippen molar-refractivity contribution < 1.29 is 4.74 Å². The molecule has 1 unspecified atom stereocenters. The highest BCUT2D eigenvalue weighted by Gasteiger charge is 2.23. The van der Waals surface area contributed by atoms with E-state index in [1.165, 1.54) is 18.4 Å². The average Bonchev–Trinajstić information content (AvgIpc) is 3.14. The number of nitrogens with zero attached hydrogens (tertiary/aromatic N) is 2. The zero-order valence-electron chi connectivity index (χ0n) is 15.3. The molecule has 2 N–H and O–H groups in total. The summed E-state index contributed by atoms with van der Waals surface area (Å²) in [6, 6.07) is 8.67. The lowest BCUT2D eigenvalue weighted by molar-refractivity contribution is 0.251. The van der Waals surface area contributed by atoms with Crippen LogP contribution in [0.25, 0.3) is 0 Å². The van der Waals surface area contributed by atoms with Crippen LogP contribution in [0.1, 0.15) is 31.4 Å². The minimum absolute atomic E-state index is 0. The molecule has 140 valence electrons. The normalized spacial score (nSPS) is 16.0. The van der Waals surface area contributed by atoms with Gasteiger partial charge in [-0.25, -0.2) is 0 Å². The van der Waals surface area contributed by atoms with Gasteiger partial charge in [0.05, 0.1) is 19.7 Å². The molecule has 1 saturated heterocycles. The van der Waals surface area contributed by atoms with Gasteiger partial charge in [-0.2, -0.15) is 0 Å². The SMILES string of the molecule is C=CCNC(=NCC(c1ccc(OC)cc1)N1CCCC1)NCC.I. The Balaban J connectivity index is 0.00000312. The molecule has 1 aliphatic heterocycles. The van der Waals surface area contributed by atoms with Gasteiger partial charge in [-0.1, -0.05) is 18.2 Å². The zero-order chi connectivity index (χ0) is 17.2. The maximum Gasteiger partial charge on any atom is 0.191 e. The van der Waals surface area contributed by atoms with Crippen LogP contribution in [0.5, 0.6) is 5.75 Å². The molecular formula is C19H31IN4O. The van der Waals surface area contributed by atoms with Gasteiger partial charge in [0, 0.05) is 13.1 Å². The topological polar surface area (TPSA) is 48.9 Å². The van der Waals surface area contributed by atoms with Crippen LogP contribution in [0, 0.1) is 0 Å². The van der Waals surface area contributed by atoms with Crippen LogP contribution in [0.15, 0.2) is 41.9 Å². The number of guanidine groups is 1. The summed E-state index contributed by atoms with van der Waals surface area (Å²) < 4.78 is 5.28. The molecule has 6 heteroatoms. The minimum atomic E-state index is 0. The van der Waals surface area contributed by atoms with Crippen LogP contribution in [0.2, 0.25) is 0 Å². The van der Waals surface area contributed by atoms with Gasteiger partial charge < -0.3 is 15.4 Å². The fraction of sp³-hybridized carbons (Fsp3) is 0.526. The second kappa shape index (κ2) is 12.1. The summed E-state index contributed by atoms with van der Waals surface area (Å²) in [5.74, 6) is 1.73. The molecule has 0 saturated carbocycles. The van der Waals surface area contributed by atoms with Gasteiger partial charge in [-0.15, -0.1) is 30.6 Å². The van der Waals surface area contributed by atoms with E-state index in [4.69, 9.17) is 9.73 Å². The number of likely N-dealkylation sites (tertiary alicyclic amines) is 1. The van der Waals surface area contributed by atoms with Crippen molar-refractivity contribution in [3.05, 3.63) is 42.5 Å². The first-order valence-electron chi connectivity index (χ1n) is 8.79. The third-order valence-corrected chi connectivity index (χ3v) is 4.26. The Labute approximate surface area is 168 Å². The van der Waals surface area contributed by atoms with Gasteiger partial charge in [-0.3, -0.25) is 9.89 Å². The van der Waals surface area contributed by atoms with E-state index in [1.54, 1.807) is 7.11 Å². The highest BCUT2D eigenvalue weighted by molar-refractivity contribution is 14.0. The Morgan fingerprint density at radius 3 is 2.52 bits per heavy atom. The third-order valence-electron chi connectivity index (χ3n) is 4.26. The molecule has 1 aromatic carbocycles. The first-order chi connectivity index (χ1) is 11.8. The number of halogens is 1. The van der Waals surface area contributed by atoms with Crippen molar-refractivity contribution in [3.63, 3.8) is 0 Å². The molecule has 2 rings (SSSR count). The summed E-state index contributed by atoms with van der Waals surface area (Å²) in [6.45, 7) is 10.4. The van der Waals surface area contributed by atoms with Crippen molar-refractivity contribution in [1.82, 2.24) is 15.5 Å². The smallest absolute Gasteiger partial charge is 0.191 e. The number of nitrogens with one attached hydrogen (secondary N) is 2. The minimum Gasteiger partial charge on any atom is -0.497 e. The Morgan fingerprint density at radius 2 is 1.96 bits per heavy atom. The summed E-state index contributed by atoms with van der Waals surface area (Å²) in [5, 5.41) is 6.55. The molecule has 25 heavy (non-hydrogen) atoms. The fourth-order valence-corrected chi connectivity index (χ4v) is 3.00. The van der Waals surface area contributed by atoms with Gasteiger partial charge in [0.1, 0.15) is 5.75 Å². The molecular weight excluding hydrogens is 427 g/mol. The summed E-state index contributed by atoms with van der Waals surface area (Å²) in [7, 11) is 1.70. The Morgan fingerprint density at radius 1 is 1.28 bits per heavy atom. The van der Waals surface area contributed by atoms with Crippen LogP contribution in [-0.4, -0.2) is 50.7 Å². The Bertz CT molecular complexity index is 527. The monoisotopic (exact) mass is 458 g/mol. The van der Waals surface area contributed by atoms with Crippen LogP contribution >= 0.6 is 24.0 Å². The Kier molecular flexibility index (Phi) is 10.6. The second-order valence-electron chi connectivity index (χ2n) is 5.92. The van der Waals surface area contributed by atoms with E-state index in [0.29, 0.717) is 12.6 Å². The van der Waals surface area contributed by atoms with E-state index in [1.807, 2.05) is 18.2 Å². The lowest BCUT2D eigenvalue weighted by atomic mass is 10.1.